The molecule has 0 saturated heterocycles. The van der Waals surface area contributed by atoms with Gasteiger partial charge in [-0.25, -0.2) is 8.78 Å². The molecule has 0 saturated carbocycles. The third-order valence-corrected chi connectivity index (χ3v) is 2.43. The number of halogens is 2. The van der Waals surface area contributed by atoms with Crippen molar-refractivity contribution in [2.24, 2.45) is 0 Å². The largest absolute Gasteiger partial charge is 0.489 e. The minimum absolute atomic E-state index is 0.109. The average Bonchev–Trinajstić information content (AvgIpc) is 2.39. The van der Waals surface area contributed by atoms with E-state index in [9.17, 15) is 8.78 Å². The van der Waals surface area contributed by atoms with Crippen molar-refractivity contribution in [1.29, 1.82) is 5.26 Å². The topological polar surface area (TPSA) is 33.0 Å². The molecule has 2 rings (SSSR count). The Morgan fingerprint density at radius 2 is 1.61 bits per heavy atom. The van der Waals surface area contributed by atoms with Crippen molar-refractivity contribution in [2.45, 2.75) is 6.61 Å². The lowest BCUT2D eigenvalue weighted by Crippen LogP contribution is -2.01. The molecule has 2 aromatic rings. The second kappa shape index (κ2) is 5.28. The summed E-state index contributed by atoms with van der Waals surface area (Å²) in [5.74, 6) is -0.816. The van der Waals surface area contributed by atoms with Gasteiger partial charge in [0.15, 0.2) is 0 Å². The molecule has 0 fully saturated rings. The van der Waals surface area contributed by atoms with Crippen LogP contribution in [0.15, 0.2) is 42.5 Å². The molecule has 2 nitrogen and oxygen atoms in total. The molecular formula is C14H9F2NO. The summed E-state index contributed by atoms with van der Waals surface area (Å²) in [5, 5.41) is 8.62. The smallest absolute Gasteiger partial charge is 0.132 e. The second-order valence-electron chi connectivity index (χ2n) is 3.63. The highest BCUT2D eigenvalue weighted by Gasteiger charge is 2.08. The first-order valence-corrected chi connectivity index (χ1v) is 5.26. The summed E-state index contributed by atoms with van der Waals surface area (Å²) in [4.78, 5) is 0. The highest BCUT2D eigenvalue weighted by molar-refractivity contribution is 5.34. The maximum absolute atomic E-state index is 13.3. The molecular weight excluding hydrogens is 236 g/mol. The van der Waals surface area contributed by atoms with Crippen LogP contribution in [0.3, 0.4) is 0 Å². The lowest BCUT2D eigenvalue weighted by atomic mass is 10.2. The number of nitriles is 1. The number of benzene rings is 2. The normalized spacial score (nSPS) is 9.83. The molecule has 0 aliphatic heterocycles. The molecule has 4 heteroatoms. The Kier molecular flexibility index (Phi) is 3.54. The van der Waals surface area contributed by atoms with Crippen molar-refractivity contribution in [1.82, 2.24) is 0 Å². The van der Waals surface area contributed by atoms with Crippen LogP contribution in [0.4, 0.5) is 8.78 Å². The Morgan fingerprint density at radius 3 is 2.17 bits per heavy atom. The van der Waals surface area contributed by atoms with E-state index in [-0.39, 0.29) is 12.2 Å². The zero-order valence-electron chi connectivity index (χ0n) is 9.36. The second-order valence-corrected chi connectivity index (χ2v) is 3.63. The first-order valence-electron chi connectivity index (χ1n) is 5.26. The van der Waals surface area contributed by atoms with Crippen LogP contribution in [0.25, 0.3) is 0 Å². The van der Waals surface area contributed by atoms with Crippen LogP contribution in [0.5, 0.6) is 5.75 Å². The minimum atomic E-state index is -0.636. The Balaban J connectivity index is 2.09. The zero-order chi connectivity index (χ0) is 13.0. The van der Waals surface area contributed by atoms with Gasteiger partial charge in [-0.2, -0.15) is 5.26 Å². The van der Waals surface area contributed by atoms with E-state index in [4.69, 9.17) is 10.00 Å². The van der Waals surface area contributed by atoms with Crippen LogP contribution in [0.1, 0.15) is 11.1 Å². The summed E-state index contributed by atoms with van der Waals surface area (Å²) >= 11 is 0. The van der Waals surface area contributed by atoms with Crippen LogP contribution in [-0.4, -0.2) is 0 Å². The van der Waals surface area contributed by atoms with Gasteiger partial charge in [0.1, 0.15) is 24.0 Å². The standard InChI is InChI=1S/C14H9F2NO/c15-13-2-1-3-14(16)12(13)9-18-11-6-4-10(8-17)5-7-11/h1-7H,9H2. The fraction of sp³-hybridized carbons (Fsp3) is 0.0714. The Morgan fingerprint density at radius 1 is 1.00 bits per heavy atom. The van der Waals surface area contributed by atoms with E-state index in [2.05, 4.69) is 0 Å². The summed E-state index contributed by atoms with van der Waals surface area (Å²) in [5.41, 5.74) is 0.390. The van der Waals surface area contributed by atoms with Crippen molar-refractivity contribution in [3.8, 4) is 11.8 Å². The first kappa shape index (κ1) is 12.1. The monoisotopic (exact) mass is 245 g/mol. The van der Waals surface area contributed by atoms with E-state index in [0.717, 1.165) is 0 Å². The van der Waals surface area contributed by atoms with Gasteiger partial charge in [0.05, 0.1) is 17.2 Å². The van der Waals surface area contributed by atoms with Gasteiger partial charge in [-0.05, 0) is 36.4 Å². The first-order chi connectivity index (χ1) is 8.70. The highest BCUT2D eigenvalue weighted by atomic mass is 19.1. The summed E-state index contributed by atoms with van der Waals surface area (Å²) < 4.78 is 31.9. The molecule has 0 bridgehead atoms. The van der Waals surface area contributed by atoms with Crippen molar-refractivity contribution in [2.75, 3.05) is 0 Å². The zero-order valence-corrected chi connectivity index (χ0v) is 9.36. The number of rotatable bonds is 3. The molecule has 18 heavy (non-hydrogen) atoms. The number of nitrogens with zero attached hydrogens (tertiary/aromatic N) is 1. The molecule has 0 atom stereocenters. The summed E-state index contributed by atoms with van der Waals surface area (Å²) in [6, 6.07) is 11.9. The van der Waals surface area contributed by atoms with Gasteiger partial charge in [0.2, 0.25) is 0 Å². The number of hydrogen-bond donors (Lipinski definition) is 0. The van der Waals surface area contributed by atoms with Crippen molar-refractivity contribution < 1.29 is 13.5 Å². The molecule has 0 aliphatic rings. The van der Waals surface area contributed by atoms with Gasteiger partial charge >= 0.3 is 0 Å². The van der Waals surface area contributed by atoms with Gasteiger partial charge < -0.3 is 4.74 Å². The van der Waals surface area contributed by atoms with E-state index < -0.39 is 11.6 Å². The molecule has 0 radical (unpaired) electrons. The molecule has 0 unspecified atom stereocenters. The predicted octanol–water partition coefficient (Wildman–Crippen LogP) is 3.42. The summed E-state index contributed by atoms with van der Waals surface area (Å²) in [6.07, 6.45) is 0. The molecule has 0 heterocycles. The van der Waals surface area contributed by atoms with Gasteiger partial charge in [-0.15, -0.1) is 0 Å². The van der Waals surface area contributed by atoms with E-state index in [1.807, 2.05) is 6.07 Å². The molecule has 0 amide bonds. The van der Waals surface area contributed by atoms with Gasteiger partial charge in [0.25, 0.3) is 0 Å². The Bertz CT molecular complexity index is 567. The van der Waals surface area contributed by atoms with Gasteiger partial charge in [-0.1, -0.05) is 6.07 Å². The lowest BCUT2D eigenvalue weighted by Gasteiger charge is -2.07. The van der Waals surface area contributed by atoms with E-state index in [1.165, 1.54) is 18.2 Å². The van der Waals surface area contributed by atoms with Crippen molar-refractivity contribution in [3.63, 3.8) is 0 Å². The SMILES string of the molecule is N#Cc1ccc(OCc2c(F)cccc2F)cc1. The fourth-order valence-corrected chi connectivity index (χ4v) is 1.45. The van der Waals surface area contributed by atoms with Gasteiger partial charge in [-0.3, -0.25) is 0 Å². The molecule has 0 aliphatic carbocycles. The fourth-order valence-electron chi connectivity index (χ4n) is 1.45. The molecule has 2 aromatic carbocycles. The maximum Gasteiger partial charge on any atom is 0.132 e. The quantitative estimate of drug-likeness (QED) is 0.830. The maximum atomic E-state index is 13.3. The van der Waals surface area contributed by atoms with E-state index >= 15 is 0 Å². The Hall–Kier alpha value is -2.41. The lowest BCUT2D eigenvalue weighted by molar-refractivity contribution is 0.292. The van der Waals surface area contributed by atoms with Crippen molar-refractivity contribution in [3.05, 3.63) is 65.2 Å². The molecule has 0 spiro atoms. The van der Waals surface area contributed by atoms with Crippen LogP contribution in [0.2, 0.25) is 0 Å². The number of ether oxygens (including phenoxy) is 1. The van der Waals surface area contributed by atoms with Crippen LogP contribution in [0, 0.1) is 23.0 Å². The van der Waals surface area contributed by atoms with E-state index in [0.29, 0.717) is 11.3 Å². The molecule has 90 valence electrons. The third-order valence-electron chi connectivity index (χ3n) is 2.43. The molecule has 0 N–H and O–H groups in total. The van der Waals surface area contributed by atoms with Crippen molar-refractivity contribution >= 4 is 0 Å². The van der Waals surface area contributed by atoms with Crippen LogP contribution in [-0.2, 0) is 6.61 Å². The van der Waals surface area contributed by atoms with Crippen LogP contribution < -0.4 is 4.74 Å². The Labute approximate surface area is 103 Å². The van der Waals surface area contributed by atoms with E-state index in [1.54, 1.807) is 24.3 Å². The van der Waals surface area contributed by atoms with Crippen LogP contribution >= 0.6 is 0 Å². The third kappa shape index (κ3) is 2.64. The summed E-state index contributed by atoms with van der Waals surface area (Å²) in [6.45, 7) is -0.190. The predicted molar refractivity (Wildman–Crippen MR) is 61.8 cm³/mol. The highest BCUT2D eigenvalue weighted by Crippen LogP contribution is 2.17. The number of hydrogen-bond acceptors (Lipinski definition) is 2. The summed E-state index contributed by atoms with van der Waals surface area (Å²) in [7, 11) is 0. The van der Waals surface area contributed by atoms with Gasteiger partial charge in [0, 0.05) is 0 Å². The molecule has 0 aromatic heterocycles. The average molecular weight is 245 g/mol. The minimum Gasteiger partial charge on any atom is -0.489 e.